The van der Waals surface area contributed by atoms with Crippen LogP contribution in [0.1, 0.15) is 39.5 Å². The molecule has 0 saturated carbocycles. The van der Waals surface area contributed by atoms with Crippen molar-refractivity contribution in [1.82, 2.24) is 15.0 Å². The molecular formula is C10H22N6O. The number of nitrogen functional groups attached to an aromatic ring is 2. The van der Waals surface area contributed by atoms with Crippen molar-refractivity contribution >= 4 is 17.8 Å². The van der Waals surface area contributed by atoms with E-state index >= 15 is 0 Å². The van der Waals surface area contributed by atoms with Gasteiger partial charge >= 0.3 is 0 Å². The van der Waals surface area contributed by atoms with E-state index in [1.54, 1.807) is 0 Å². The molecule has 1 heterocycles. The average Bonchev–Trinajstić information content (AvgIpc) is 2.26. The van der Waals surface area contributed by atoms with Gasteiger partial charge in [-0.05, 0) is 0 Å². The van der Waals surface area contributed by atoms with E-state index in [9.17, 15) is 0 Å². The van der Waals surface area contributed by atoms with Crippen LogP contribution >= 0.6 is 0 Å². The summed E-state index contributed by atoms with van der Waals surface area (Å²) in [6.45, 7) is 4.19. The van der Waals surface area contributed by atoms with Crippen LogP contribution < -0.4 is 16.8 Å². The minimum Gasteiger partial charge on any atom is -0.376 e. The van der Waals surface area contributed by atoms with Gasteiger partial charge in [0.2, 0.25) is 17.8 Å². The van der Waals surface area contributed by atoms with Crippen molar-refractivity contribution in [3.05, 3.63) is 0 Å². The van der Waals surface area contributed by atoms with Crippen molar-refractivity contribution in [2.24, 2.45) is 0 Å². The number of unbranched alkanes of at least 4 members (excludes halogenated alkanes) is 3. The highest BCUT2D eigenvalue weighted by molar-refractivity contribution is 5.36. The van der Waals surface area contributed by atoms with Gasteiger partial charge < -0.3 is 21.9 Å². The lowest BCUT2D eigenvalue weighted by Gasteiger charge is -2.00. The van der Waals surface area contributed by atoms with Crippen LogP contribution in [0.5, 0.6) is 0 Å². The Morgan fingerprint density at radius 1 is 1.00 bits per heavy atom. The zero-order chi connectivity index (χ0) is 13.1. The Bertz CT molecular complexity index is 283. The Balaban J connectivity index is 0.000000366. The van der Waals surface area contributed by atoms with E-state index in [-0.39, 0.29) is 24.6 Å². The van der Waals surface area contributed by atoms with E-state index < -0.39 is 0 Å². The maximum absolute atomic E-state index is 8.41. The number of hydrogen-bond donors (Lipinski definition) is 4. The Morgan fingerprint density at radius 2 is 1.47 bits per heavy atom. The molecule has 6 N–H and O–H groups in total. The molecule has 0 atom stereocenters. The fourth-order valence-electron chi connectivity index (χ4n) is 1.06. The van der Waals surface area contributed by atoms with E-state index in [4.69, 9.17) is 16.6 Å². The van der Waals surface area contributed by atoms with Crippen molar-refractivity contribution in [2.45, 2.75) is 39.5 Å². The molecule has 1 aromatic heterocycles. The van der Waals surface area contributed by atoms with Gasteiger partial charge in [0.05, 0.1) is 0 Å². The summed E-state index contributed by atoms with van der Waals surface area (Å²) < 4.78 is 0. The Hall–Kier alpha value is -1.63. The van der Waals surface area contributed by atoms with Crippen LogP contribution in [-0.4, -0.2) is 26.8 Å². The minimum absolute atomic E-state index is 0.0217. The summed E-state index contributed by atoms with van der Waals surface area (Å²) in [6, 6.07) is 0. The molecule has 0 aliphatic carbocycles. The zero-order valence-electron chi connectivity index (χ0n) is 10.5. The van der Waals surface area contributed by atoms with Crippen LogP contribution in [0.3, 0.4) is 0 Å². The van der Waals surface area contributed by atoms with E-state index in [0.29, 0.717) is 0 Å². The van der Waals surface area contributed by atoms with Gasteiger partial charge in [0.25, 0.3) is 0 Å². The summed E-state index contributed by atoms with van der Waals surface area (Å²) in [4.78, 5) is 10.8. The van der Waals surface area contributed by atoms with E-state index in [2.05, 4.69) is 34.1 Å². The third-order valence-electron chi connectivity index (χ3n) is 1.86. The van der Waals surface area contributed by atoms with Gasteiger partial charge in [-0.15, -0.1) is 0 Å². The monoisotopic (exact) mass is 242 g/mol. The first kappa shape index (κ1) is 15.4. The molecule has 0 aromatic carbocycles. The van der Waals surface area contributed by atoms with Gasteiger partial charge in [-0.3, -0.25) is 0 Å². The summed E-state index contributed by atoms with van der Waals surface area (Å²) in [7, 11) is 0. The largest absolute Gasteiger partial charge is 0.376 e. The van der Waals surface area contributed by atoms with Gasteiger partial charge in [0.1, 0.15) is 6.73 Å². The highest BCUT2D eigenvalue weighted by Crippen LogP contribution is 2.01. The van der Waals surface area contributed by atoms with Gasteiger partial charge in [0.15, 0.2) is 0 Å². The lowest BCUT2D eigenvalue weighted by Crippen LogP contribution is -2.09. The van der Waals surface area contributed by atoms with Crippen molar-refractivity contribution in [3.8, 4) is 0 Å². The maximum atomic E-state index is 8.41. The first-order chi connectivity index (χ1) is 8.13. The van der Waals surface area contributed by atoms with Crippen LogP contribution in [0.15, 0.2) is 0 Å². The fraction of sp³-hybridized carbons (Fsp3) is 0.700. The molecule has 0 aliphatic heterocycles. The molecule has 0 spiro atoms. The van der Waals surface area contributed by atoms with Crippen LogP contribution in [0.2, 0.25) is 0 Å². The minimum atomic E-state index is -0.275. The maximum Gasteiger partial charge on any atom is 0.231 e. The number of nitrogens with two attached hydrogens (primary N) is 2. The van der Waals surface area contributed by atoms with Gasteiger partial charge in [-0.2, -0.15) is 15.0 Å². The molecule has 0 aliphatic rings. The molecule has 7 heteroatoms. The Morgan fingerprint density at radius 3 is 1.82 bits per heavy atom. The Labute approximate surface area is 102 Å². The lowest BCUT2D eigenvalue weighted by atomic mass is 10.2. The molecule has 0 fully saturated rings. The molecule has 1 aromatic rings. The van der Waals surface area contributed by atoms with Crippen molar-refractivity contribution in [1.29, 1.82) is 0 Å². The van der Waals surface area contributed by atoms with Crippen molar-refractivity contribution in [3.63, 3.8) is 0 Å². The topological polar surface area (TPSA) is 123 Å². The molecule has 0 radical (unpaired) electrons. The number of nitrogens with zero attached hydrogens (tertiary/aromatic N) is 3. The second-order valence-corrected chi connectivity index (χ2v) is 3.42. The molecular weight excluding hydrogens is 220 g/mol. The molecule has 98 valence electrons. The van der Waals surface area contributed by atoms with E-state index in [1.165, 1.54) is 25.7 Å². The predicted octanol–water partition coefficient (Wildman–Crippen LogP) is 0.984. The lowest BCUT2D eigenvalue weighted by molar-refractivity contribution is 0.324. The van der Waals surface area contributed by atoms with Gasteiger partial charge in [-0.25, -0.2) is 0 Å². The zero-order valence-corrected chi connectivity index (χ0v) is 10.5. The molecule has 1 rings (SSSR count). The van der Waals surface area contributed by atoms with E-state index in [1.807, 2.05) is 0 Å². The predicted molar refractivity (Wildman–Crippen MR) is 69.2 cm³/mol. The smallest absolute Gasteiger partial charge is 0.231 e. The van der Waals surface area contributed by atoms with Crippen molar-refractivity contribution < 1.29 is 5.11 Å². The third-order valence-corrected chi connectivity index (χ3v) is 1.86. The Kier molecular flexibility index (Phi) is 8.67. The quantitative estimate of drug-likeness (QED) is 0.448. The number of rotatable bonds is 5. The first-order valence-electron chi connectivity index (χ1n) is 5.75. The van der Waals surface area contributed by atoms with Crippen LogP contribution in [0.25, 0.3) is 0 Å². The standard InChI is InChI=1S/C6H14.C4H8N6O/c1-3-5-6-4-2;5-2-8-3(6)10-4(9-2)7-1-11/h3-6H2,1-2H3;11H,1H2,(H5,5,6,7,8,9,10). The normalized spacial score (nSPS) is 9.35. The van der Waals surface area contributed by atoms with Gasteiger partial charge in [-0.1, -0.05) is 39.5 Å². The average molecular weight is 242 g/mol. The number of aliphatic hydroxyl groups is 1. The highest BCUT2D eigenvalue weighted by atomic mass is 16.3. The van der Waals surface area contributed by atoms with Crippen LogP contribution in [0, 0.1) is 0 Å². The molecule has 7 nitrogen and oxygen atoms in total. The second-order valence-electron chi connectivity index (χ2n) is 3.42. The molecule has 0 unspecified atom stereocenters. The van der Waals surface area contributed by atoms with Gasteiger partial charge in [0, 0.05) is 0 Å². The van der Waals surface area contributed by atoms with Crippen LogP contribution in [-0.2, 0) is 0 Å². The fourth-order valence-corrected chi connectivity index (χ4v) is 1.06. The number of hydrogen-bond acceptors (Lipinski definition) is 7. The summed E-state index contributed by atoms with van der Waals surface area (Å²) in [5.41, 5.74) is 10.5. The summed E-state index contributed by atoms with van der Waals surface area (Å²) in [5, 5.41) is 10.8. The molecule has 0 saturated heterocycles. The second kappa shape index (κ2) is 9.59. The number of aromatic nitrogens is 3. The first-order valence-corrected chi connectivity index (χ1v) is 5.75. The van der Waals surface area contributed by atoms with Crippen LogP contribution in [0.4, 0.5) is 17.8 Å². The third kappa shape index (κ3) is 8.21. The summed E-state index contributed by atoms with van der Waals surface area (Å²) >= 11 is 0. The number of aliphatic hydroxyl groups excluding tert-OH is 1. The van der Waals surface area contributed by atoms with Crippen molar-refractivity contribution in [2.75, 3.05) is 23.5 Å². The molecule has 0 bridgehead atoms. The molecule has 17 heavy (non-hydrogen) atoms. The molecule has 0 amide bonds. The summed E-state index contributed by atoms with van der Waals surface area (Å²) in [6.07, 6.45) is 5.54. The highest BCUT2D eigenvalue weighted by Gasteiger charge is 1.98. The summed E-state index contributed by atoms with van der Waals surface area (Å²) in [5.74, 6) is 0.208. The number of anilines is 3. The van der Waals surface area contributed by atoms with E-state index in [0.717, 1.165) is 0 Å². The number of nitrogens with one attached hydrogen (secondary N) is 1. The SMILES string of the molecule is CCCCCC.Nc1nc(N)nc(NCO)n1.